The number of halogens is 2. The van der Waals surface area contributed by atoms with Crippen LogP contribution in [0.3, 0.4) is 0 Å². The van der Waals surface area contributed by atoms with Crippen molar-refractivity contribution in [2.75, 3.05) is 12.9 Å². The van der Waals surface area contributed by atoms with Gasteiger partial charge in [0, 0.05) is 5.02 Å². The van der Waals surface area contributed by atoms with Crippen molar-refractivity contribution < 1.29 is 22.7 Å². The highest BCUT2D eigenvalue weighted by atomic mass is 35.5. The van der Waals surface area contributed by atoms with Crippen LogP contribution in [0.4, 0.5) is 0 Å². The van der Waals surface area contributed by atoms with Crippen LogP contribution in [0.5, 0.6) is 0 Å². The summed E-state index contributed by atoms with van der Waals surface area (Å²) in [6.07, 6.45) is 0. The van der Waals surface area contributed by atoms with E-state index in [4.69, 9.17) is 23.2 Å². The highest BCUT2D eigenvalue weighted by molar-refractivity contribution is 7.92. The predicted molar refractivity (Wildman–Crippen MR) is 86.4 cm³/mol. The third kappa shape index (κ3) is 5.81. The lowest BCUT2D eigenvalue weighted by atomic mass is 10.3. The molecule has 0 bridgehead atoms. The van der Waals surface area contributed by atoms with Crippen LogP contribution in [-0.4, -0.2) is 44.2 Å². The molecule has 0 aromatic heterocycles. The number of rotatable bonds is 6. The van der Waals surface area contributed by atoms with E-state index in [0.29, 0.717) is 5.02 Å². The second kappa shape index (κ2) is 8.28. The van der Waals surface area contributed by atoms with E-state index >= 15 is 0 Å². The molecule has 0 spiro atoms. The van der Waals surface area contributed by atoms with Crippen LogP contribution in [-0.2, 0) is 24.2 Å². The summed E-state index contributed by atoms with van der Waals surface area (Å²) in [5.74, 6) is -2.42. The summed E-state index contributed by atoms with van der Waals surface area (Å²) < 4.78 is 28.5. The molecule has 1 N–H and O–H groups in total. The van der Waals surface area contributed by atoms with Crippen molar-refractivity contribution in [3.63, 3.8) is 0 Å². The van der Waals surface area contributed by atoms with Gasteiger partial charge in [0.25, 0.3) is 5.91 Å². The first-order valence-electron chi connectivity index (χ1n) is 6.20. The van der Waals surface area contributed by atoms with Crippen molar-refractivity contribution in [3.05, 3.63) is 29.3 Å². The highest BCUT2D eigenvalue weighted by Gasteiger charge is 2.21. The smallest absolute Gasteiger partial charge is 0.329 e. The molecule has 1 atom stereocenters. The van der Waals surface area contributed by atoms with E-state index in [2.05, 4.69) is 9.84 Å². The van der Waals surface area contributed by atoms with Gasteiger partial charge >= 0.3 is 5.97 Å². The summed E-state index contributed by atoms with van der Waals surface area (Å²) in [6.45, 7) is 1.39. The molecule has 7 nitrogen and oxygen atoms in total. The van der Waals surface area contributed by atoms with Gasteiger partial charge in [0.15, 0.2) is 15.2 Å². The second-order valence-electron chi connectivity index (χ2n) is 4.39. The van der Waals surface area contributed by atoms with Crippen LogP contribution < -0.4 is 5.43 Å². The molecule has 1 aromatic carbocycles. The molecule has 0 aliphatic heterocycles. The maximum absolute atomic E-state index is 12.0. The fourth-order valence-electron chi connectivity index (χ4n) is 1.41. The number of benzene rings is 1. The van der Waals surface area contributed by atoms with E-state index in [1.807, 2.05) is 5.43 Å². The number of nitrogens with zero attached hydrogens (tertiary/aromatic N) is 1. The number of esters is 1. The number of hydrogen-bond donors (Lipinski definition) is 1. The standard InChI is InChI=1S/C13H14Cl2N2O5S/c1-8(12(15)13(19)22-2)16-17-11(18)7-23(20,21)10-5-3-9(14)4-6-10/h3-6,12H,7H2,1-2H3,(H,17,18)/b16-8+. The van der Waals surface area contributed by atoms with Gasteiger partial charge in [0.2, 0.25) is 0 Å². The molecule has 1 aromatic rings. The van der Waals surface area contributed by atoms with Crippen molar-refractivity contribution in [1.29, 1.82) is 0 Å². The molecule has 126 valence electrons. The summed E-state index contributed by atoms with van der Waals surface area (Å²) in [4.78, 5) is 22.8. The lowest BCUT2D eigenvalue weighted by molar-refractivity contribution is -0.138. The van der Waals surface area contributed by atoms with Crippen LogP contribution in [0.1, 0.15) is 6.92 Å². The fourth-order valence-corrected chi connectivity index (χ4v) is 2.80. The van der Waals surface area contributed by atoms with Gasteiger partial charge in [-0.1, -0.05) is 11.6 Å². The zero-order valence-corrected chi connectivity index (χ0v) is 14.6. The molecule has 0 saturated carbocycles. The van der Waals surface area contributed by atoms with Gasteiger partial charge in [-0.3, -0.25) is 9.59 Å². The molecule has 0 heterocycles. The number of alkyl halides is 1. The Morgan fingerprint density at radius 3 is 2.39 bits per heavy atom. The zero-order valence-electron chi connectivity index (χ0n) is 12.2. The van der Waals surface area contributed by atoms with Gasteiger partial charge < -0.3 is 4.74 Å². The number of amides is 1. The van der Waals surface area contributed by atoms with Crippen LogP contribution >= 0.6 is 23.2 Å². The Bertz CT molecular complexity index is 716. The maximum Gasteiger partial charge on any atom is 0.329 e. The van der Waals surface area contributed by atoms with E-state index in [0.717, 1.165) is 7.11 Å². The number of hydrogen-bond acceptors (Lipinski definition) is 6. The Morgan fingerprint density at radius 1 is 1.30 bits per heavy atom. The average molecular weight is 381 g/mol. The van der Waals surface area contributed by atoms with Crippen LogP contribution in [0.15, 0.2) is 34.3 Å². The molecular weight excluding hydrogens is 367 g/mol. The Hall–Kier alpha value is -1.64. The fraction of sp³-hybridized carbons (Fsp3) is 0.308. The molecule has 0 radical (unpaired) electrons. The molecular formula is C13H14Cl2N2O5S. The van der Waals surface area contributed by atoms with Crippen molar-refractivity contribution in [3.8, 4) is 0 Å². The topological polar surface area (TPSA) is 102 Å². The molecule has 23 heavy (non-hydrogen) atoms. The van der Waals surface area contributed by atoms with Crippen molar-refractivity contribution in [2.24, 2.45) is 5.10 Å². The first-order valence-corrected chi connectivity index (χ1v) is 8.67. The molecule has 10 heteroatoms. The number of sulfone groups is 1. The van der Waals surface area contributed by atoms with E-state index in [1.54, 1.807) is 0 Å². The summed E-state index contributed by atoms with van der Waals surface area (Å²) in [7, 11) is -2.67. The van der Waals surface area contributed by atoms with Gasteiger partial charge in [0.1, 0.15) is 5.75 Å². The van der Waals surface area contributed by atoms with Gasteiger partial charge in [-0.05, 0) is 31.2 Å². The van der Waals surface area contributed by atoms with Gasteiger partial charge in [-0.25, -0.2) is 13.8 Å². The molecule has 0 aliphatic rings. The zero-order chi connectivity index (χ0) is 17.6. The normalized spacial score (nSPS) is 13.3. The third-order valence-corrected chi connectivity index (χ3v) is 5.00. The SMILES string of the molecule is COC(=O)C(Cl)/C(C)=N/NC(=O)CS(=O)(=O)c1ccc(Cl)cc1. The summed E-state index contributed by atoms with van der Waals surface area (Å²) >= 11 is 11.4. The first kappa shape index (κ1) is 19.4. The van der Waals surface area contributed by atoms with Crippen molar-refractivity contribution in [2.45, 2.75) is 17.2 Å². The van der Waals surface area contributed by atoms with Gasteiger partial charge in [-0.15, -0.1) is 11.6 Å². The second-order valence-corrected chi connectivity index (χ2v) is 7.25. The Labute approximate surface area is 143 Å². The number of ether oxygens (including phenoxy) is 1. The van der Waals surface area contributed by atoms with Crippen LogP contribution in [0, 0.1) is 0 Å². The summed E-state index contributed by atoms with van der Waals surface area (Å²) in [5, 5.41) is 2.79. The lowest BCUT2D eigenvalue weighted by Gasteiger charge is -2.07. The maximum atomic E-state index is 12.0. The van der Waals surface area contributed by atoms with Gasteiger partial charge in [-0.2, -0.15) is 5.10 Å². The molecule has 0 aliphatic carbocycles. The molecule has 1 rings (SSSR count). The van der Waals surface area contributed by atoms with Crippen molar-refractivity contribution in [1.82, 2.24) is 5.43 Å². The highest BCUT2D eigenvalue weighted by Crippen LogP contribution is 2.15. The van der Waals surface area contributed by atoms with Gasteiger partial charge in [0.05, 0.1) is 17.7 Å². The Balaban J connectivity index is 2.73. The lowest BCUT2D eigenvalue weighted by Crippen LogP contribution is -2.30. The first-order chi connectivity index (χ1) is 10.7. The quantitative estimate of drug-likeness (QED) is 0.347. The van der Waals surface area contributed by atoms with Crippen molar-refractivity contribution >= 4 is 50.6 Å². The predicted octanol–water partition coefficient (Wildman–Crippen LogP) is 1.39. The number of methoxy groups -OCH3 is 1. The van der Waals surface area contributed by atoms with E-state index in [1.165, 1.54) is 31.2 Å². The summed E-state index contributed by atoms with van der Waals surface area (Å²) in [5.41, 5.74) is 2.10. The van der Waals surface area contributed by atoms with Crippen LogP contribution in [0.2, 0.25) is 5.02 Å². The summed E-state index contributed by atoms with van der Waals surface area (Å²) in [6, 6.07) is 5.41. The number of hydrazone groups is 1. The minimum atomic E-state index is -3.83. The molecule has 0 fully saturated rings. The largest absolute Gasteiger partial charge is 0.468 e. The monoisotopic (exact) mass is 380 g/mol. The van der Waals surface area contributed by atoms with E-state index in [-0.39, 0.29) is 10.6 Å². The van der Waals surface area contributed by atoms with E-state index < -0.39 is 32.8 Å². The number of nitrogens with one attached hydrogen (secondary N) is 1. The Morgan fingerprint density at radius 2 is 1.87 bits per heavy atom. The molecule has 0 saturated heterocycles. The third-order valence-electron chi connectivity index (χ3n) is 2.63. The molecule has 1 unspecified atom stereocenters. The van der Waals surface area contributed by atoms with E-state index in [9.17, 15) is 18.0 Å². The minimum Gasteiger partial charge on any atom is -0.468 e. The number of carbonyl (C=O) groups excluding carboxylic acids is 2. The number of carbonyl (C=O) groups is 2. The Kier molecular flexibility index (Phi) is 6.99. The average Bonchev–Trinajstić information content (AvgIpc) is 2.51. The van der Waals surface area contributed by atoms with Crippen LogP contribution in [0.25, 0.3) is 0 Å². The molecule has 1 amide bonds. The minimum absolute atomic E-state index is 0.0393.